The molecular formula is C59H92O4. The largest absolute Gasteiger partial charge is 0.504 e. The predicted octanol–water partition coefficient (Wildman–Crippen LogP) is 18.5. The quantitative estimate of drug-likeness (QED) is 0.0546. The molecule has 63 heavy (non-hydrogen) atoms. The van der Waals surface area contributed by atoms with Crippen molar-refractivity contribution in [2.45, 2.75) is 205 Å². The van der Waals surface area contributed by atoms with Crippen molar-refractivity contribution in [3.8, 4) is 23.0 Å². The van der Waals surface area contributed by atoms with Crippen LogP contribution in [0.25, 0.3) is 0 Å². The van der Waals surface area contributed by atoms with Crippen LogP contribution in [-0.2, 0) is 6.42 Å². The summed E-state index contributed by atoms with van der Waals surface area (Å²) >= 11 is 0. The maximum atomic E-state index is 7.65. The van der Waals surface area contributed by atoms with Gasteiger partial charge in [-0.05, 0) is 205 Å². The Morgan fingerprint density at radius 1 is 0.381 bits per heavy atom. The molecule has 352 valence electrons. The first-order valence-electron chi connectivity index (χ1n) is 25.0. The van der Waals surface area contributed by atoms with E-state index in [1.807, 2.05) is 6.92 Å². The Morgan fingerprint density at radius 2 is 0.619 bits per heavy atom. The van der Waals surface area contributed by atoms with Crippen molar-refractivity contribution in [3.05, 3.63) is 128 Å². The minimum absolute atomic E-state index is 0.254. The van der Waals surface area contributed by atoms with E-state index >= 15 is 0 Å². The second-order valence-corrected chi connectivity index (χ2v) is 18.6. The Bertz CT molecular complexity index is 1890. The highest BCUT2D eigenvalue weighted by Crippen LogP contribution is 2.48. The van der Waals surface area contributed by atoms with Gasteiger partial charge in [0.1, 0.15) is 0 Å². The molecule has 0 saturated heterocycles. The smallest absolute Gasteiger partial charge is 0.293 e. The summed E-state index contributed by atoms with van der Waals surface area (Å²) in [6.45, 7) is 26.6. The monoisotopic (exact) mass is 867 g/mol. The molecule has 0 aliphatic heterocycles. The number of methoxy groups -OCH3 is 2. The van der Waals surface area contributed by atoms with Crippen LogP contribution in [-0.4, -0.2) is 27.3 Å². The molecule has 4 heteroatoms. The summed E-state index contributed by atoms with van der Waals surface area (Å²) in [5.74, 6) is 1.06. The first-order chi connectivity index (χ1) is 31.1. The molecule has 0 aromatic heterocycles. The highest BCUT2D eigenvalue weighted by atomic mass is 16.5. The number of hydrogen-bond donors (Lipinski definition) is 2. The van der Waals surface area contributed by atoms with Crippen molar-refractivity contribution in [1.29, 1.82) is 2.86 Å². The van der Waals surface area contributed by atoms with E-state index in [1.54, 1.807) is 0 Å². The van der Waals surface area contributed by atoms with E-state index in [1.165, 1.54) is 89.2 Å². The zero-order valence-electron chi connectivity index (χ0n) is 44.8. The lowest BCUT2D eigenvalue weighted by Gasteiger charge is -2.17. The Morgan fingerprint density at radius 3 is 0.857 bits per heavy atom. The van der Waals surface area contributed by atoms with Crippen LogP contribution in [0.1, 0.15) is 203 Å². The van der Waals surface area contributed by atoms with Crippen LogP contribution in [0, 0.1) is 6.92 Å². The number of rotatable bonds is 33. The van der Waals surface area contributed by atoms with E-state index in [9.17, 15) is 0 Å². The molecule has 0 atom stereocenters. The molecule has 1 rings (SSSR count). The predicted molar refractivity (Wildman–Crippen MR) is 278 cm³/mol. The van der Waals surface area contributed by atoms with E-state index in [0.717, 1.165) is 102 Å². The summed E-state index contributed by atoms with van der Waals surface area (Å²) in [4.78, 5) is 0. The minimum Gasteiger partial charge on any atom is -0.504 e. The van der Waals surface area contributed by atoms with E-state index in [-0.39, 0.29) is 23.0 Å². The van der Waals surface area contributed by atoms with Gasteiger partial charge in [-0.25, -0.2) is 0 Å². The standard InChI is InChI=1S/C59H92O4/c1-44(2)24-15-25-45(3)26-16-27-46(4)28-17-29-47(5)30-18-31-48(6)32-19-33-49(7)34-20-35-50(8)36-21-37-51(9)38-22-39-52(10)40-23-41-53(11)42-43-55-54(12)56(60)58(62-13)59(63-14)57(55)61/h24,26,28,30,32,34,36,38,40,42,60-61H,15-23,25,27,29,31,33,35,37,39,41,43H2,1-14H3/b45-26+,46-28+,47-30+,48-32+,49-34+,50-36+,51-38+,52-40+,53-42+/i/hD2. The summed E-state index contributed by atoms with van der Waals surface area (Å²) in [6, 6.07) is 0. The summed E-state index contributed by atoms with van der Waals surface area (Å²) in [7, 11) is 2.96. The number of aromatic hydroxyl groups is 2. The molecule has 0 bridgehead atoms. The Hall–Kier alpha value is -4.18. The number of phenols is 2. The highest BCUT2D eigenvalue weighted by Gasteiger charge is 2.22. The SMILES string of the molecule is [2H]Oc1c(C)c(C/C=C(\C)CC/C=C(\C)CC/C=C(\C)CC/C=C(\C)CC/C=C(\C)CC/C=C(\C)CC/C=C(\C)CC/C=C(\C)CC/C=C(\C)CCC=C(C)C)c(O[2H])c(OC)c1OC. The van der Waals surface area contributed by atoms with Crippen molar-refractivity contribution < 1.29 is 19.7 Å². The molecule has 0 saturated carbocycles. The van der Waals surface area contributed by atoms with Gasteiger partial charge in [0.15, 0.2) is 11.5 Å². The van der Waals surface area contributed by atoms with Gasteiger partial charge in [-0.2, -0.15) is 0 Å². The second kappa shape index (κ2) is 33.3. The lowest BCUT2D eigenvalue weighted by Crippen LogP contribution is -1.98. The van der Waals surface area contributed by atoms with Crippen LogP contribution in [0.4, 0.5) is 0 Å². The third-order valence-electron chi connectivity index (χ3n) is 12.1. The molecule has 1 aromatic carbocycles. The molecule has 0 spiro atoms. The molecule has 1 aromatic rings. The number of hydrogen-bond acceptors (Lipinski definition) is 4. The van der Waals surface area contributed by atoms with Gasteiger partial charge in [-0.3, -0.25) is 0 Å². The summed E-state index contributed by atoms with van der Waals surface area (Å²) < 4.78 is 26.0. The Kier molecular flexibility index (Phi) is 28.1. The molecule has 0 aliphatic carbocycles. The summed E-state index contributed by atoms with van der Waals surface area (Å²) in [5, 5.41) is 9.84. The molecule has 0 aliphatic rings. The molecule has 0 heterocycles. The average molecular weight is 867 g/mol. The van der Waals surface area contributed by atoms with Gasteiger partial charge in [0, 0.05) is 11.1 Å². The molecule has 0 amide bonds. The van der Waals surface area contributed by atoms with Crippen LogP contribution in [0.5, 0.6) is 23.0 Å². The number of benzene rings is 1. The fraction of sp³-hybridized carbons (Fsp3) is 0.559. The maximum absolute atomic E-state index is 7.65. The third kappa shape index (κ3) is 26.3. The average Bonchev–Trinajstić information content (AvgIpc) is 3.25. The van der Waals surface area contributed by atoms with Crippen molar-refractivity contribution in [2.75, 3.05) is 14.2 Å². The van der Waals surface area contributed by atoms with Crippen LogP contribution in [0.15, 0.2) is 116 Å². The lowest BCUT2D eigenvalue weighted by atomic mass is 9.99. The van der Waals surface area contributed by atoms with Gasteiger partial charge >= 0.3 is 0 Å². The first kappa shape index (κ1) is 53.2. The van der Waals surface area contributed by atoms with Gasteiger partial charge < -0.3 is 19.7 Å². The normalized spacial score (nSPS) is 14.5. The molecule has 0 fully saturated rings. The molecule has 2 N–H and O–H groups in total. The van der Waals surface area contributed by atoms with Crippen LogP contribution in [0.3, 0.4) is 0 Å². The van der Waals surface area contributed by atoms with E-state index in [0.29, 0.717) is 12.0 Å². The lowest BCUT2D eigenvalue weighted by molar-refractivity contribution is 0.314. The van der Waals surface area contributed by atoms with Crippen molar-refractivity contribution >= 4 is 0 Å². The molecule has 0 radical (unpaired) electrons. The van der Waals surface area contributed by atoms with Crippen LogP contribution >= 0.6 is 0 Å². The zero-order valence-corrected chi connectivity index (χ0v) is 42.8. The Labute approximate surface area is 391 Å². The van der Waals surface area contributed by atoms with E-state index in [2.05, 4.69) is 137 Å². The number of ether oxygens (including phenoxy) is 2. The van der Waals surface area contributed by atoms with Gasteiger partial charge in [-0.1, -0.05) is 116 Å². The van der Waals surface area contributed by atoms with Crippen molar-refractivity contribution in [3.63, 3.8) is 0 Å². The van der Waals surface area contributed by atoms with Gasteiger partial charge in [-0.15, -0.1) is 0 Å². The molecule has 0 unspecified atom stereocenters. The van der Waals surface area contributed by atoms with Crippen LogP contribution in [0.2, 0.25) is 0 Å². The first-order valence-corrected chi connectivity index (χ1v) is 24.1. The topological polar surface area (TPSA) is 58.9 Å². The number of phenolic OH excluding ortho intramolecular Hbond substituents is 2. The summed E-state index contributed by atoms with van der Waals surface area (Å²) in [5.41, 5.74) is 16.1. The third-order valence-corrected chi connectivity index (χ3v) is 12.1. The van der Waals surface area contributed by atoms with Gasteiger partial charge in [0.05, 0.1) is 14.2 Å². The van der Waals surface area contributed by atoms with Gasteiger partial charge in [0.2, 0.25) is 11.5 Å². The molecular weight excluding hydrogens is 773 g/mol. The second-order valence-electron chi connectivity index (χ2n) is 18.6. The maximum Gasteiger partial charge on any atom is 0.293 e. The van der Waals surface area contributed by atoms with Crippen molar-refractivity contribution in [1.82, 2.24) is 0 Å². The van der Waals surface area contributed by atoms with E-state index in [4.69, 9.17) is 22.6 Å². The fourth-order valence-corrected chi connectivity index (χ4v) is 7.59. The molecule has 4 nitrogen and oxygen atoms in total. The number of allylic oxidation sites excluding steroid dienone is 20. The van der Waals surface area contributed by atoms with Crippen LogP contribution < -0.4 is 9.47 Å². The fourth-order valence-electron chi connectivity index (χ4n) is 7.59. The minimum atomic E-state index is 0.254. The van der Waals surface area contributed by atoms with Gasteiger partial charge in [0.25, 0.3) is 2.86 Å². The van der Waals surface area contributed by atoms with E-state index < -0.39 is 0 Å². The highest BCUT2D eigenvalue weighted by molar-refractivity contribution is 5.66. The zero-order chi connectivity index (χ0) is 48.6. The van der Waals surface area contributed by atoms with Crippen molar-refractivity contribution in [2.24, 2.45) is 0 Å². The Balaban J connectivity index is 2.36. The summed E-state index contributed by atoms with van der Waals surface area (Å²) in [6.07, 6.45) is 44.6.